The largest absolute Gasteiger partial charge is 0.481 e. The minimum Gasteiger partial charge on any atom is -0.481 e. The summed E-state index contributed by atoms with van der Waals surface area (Å²) in [6.07, 6.45) is 8.29. The lowest BCUT2D eigenvalue weighted by atomic mass is 9.82. The Hall–Kier alpha value is -3.19. The minimum atomic E-state index is -0.728. The number of carboxylic acid groups (broad SMARTS) is 1. The number of carboxylic acids is 1. The van der Waals surface area contributed by atoms with Crippen molar-refractivity contribution in [3.05, 3.63) is 53.9 Å². The van der Waals surface area contributed by atoms with Gasteiger partial charge >= 0.3 is 5.97 Å². The van der Waals surface area contributed by atoms with Gasteiger partial charge in [-0.05, 0) is 74.6 Å². The molecule has 1 N–H and O–H groups in total. The number of fused-ring (bicyclic) bond motifs is 1. The first kappa shape index (κ1) is 25.5. The Labute approximate surface area is 218 Å². The Kier molecular flexibility index (Phi) is 6.84. The summed E-state index contributed by atoms with van der Waals surface area (Å²) in [5.74, 6) is -0.728. The predicted octanol–water partition coefficient (Wildman–Crippen LogP) is 5.98. The van der Waals surface area contributed by atoms with Gasteiger partial charge in [-0.15, -0.1) is 0 Å². The zero-order valence-corrected chi connectivity index (χ0v) is 22.3. The highest BCUT2D eigenvalue weighted by Gasteiger charge is 2.51. The van der Waals surface area contributed by atoms with E-state index in [0.717, 1.165) is 78.0 Å². The molecular weight excluding hydrogens is 466 g/mol. The van der Waals surface area contributed by atoms with Crippen molar-refractivity contribution >= 4 is 22.7 Å². The zero-order valence-electron chi connectivity index (χ0n) is 22.3. The molecule has 2 aromatic heterocycles. The third-order valence-corrected chi connectivity index (χ3v) is 7.87. The highest BCUT2D eigenvalue weighted by molar-refractivity contribution is 5.93. The topological polar surface area (TPSA) is 85.9 Å². The van der Waals surface area contributed by atoms with Crippen molar-refractivity contribution in [1.29, 1.82) is 0 Å². The van der Waals surface area contributed by atoms with Crippen LogP contribution in [0.5, 0.6) is 0 Å². The summed E-state index contributed by atoms with van der Waals surface area (Å²) in [6, 6.07) is 10.3. The fourth-order valence-corrected chi connectivity index (χ4v) is 5.38. The lowest BCUT2D eigenvalue weighted by molar-refractivity contribution is -0.140. The van der Waals surface area contributed by atoms with Crippen LogP contribution >= 0.6 is 0 Å². The summed E-state index contributed by atoms with van der Waals surface area (Å²) in [5, 5.41) is 13.8. The average molecular weight is 504 g/mol. The second kappa shape index (κ2) is 9.93. The summed E-state index contributed by atoms with van der Waals surface area (Å²) < 4.78 is 7.99. The van der Waals surface area contributed by atoms with Crippen LogP contribution in [0.2, 0.25) is 0 Å². The summed E-state index contributed by atoms with van der Waals surface area (Å²) in [7, 11) is 0. The van der Waals surface area contributed by atoms with Crippen molar-refractivity contribution in [2.75, 3.05) is 13.2 Å². The summed E-state index contributed by atoms with van der Waals surface area (Å²) in [6.45, 7) is 10.7. The molecule has 3 aromatic rings. The van der Waals surface area contributed by atoms with Gasteiger partial charge in [0.1, 0.15) is 6.10 Å². The number of pyridine rings is 1. The molecule has 3 heterocycles. The van der Waals surface area contributed by atoms with Gasteiger partial charge in [-0.2, -0.15) is 0 Å². The van der Waals surface area contributed by atoms with E-state index in [9.17, 15) is 9.90 Å². The molecule has 1 saturated carbocycles. The van der Waals surface area contributed by atoms with E-state index in [2.05, 4.69) is 28.9 Å². The van der Waals surface area contributed by atoms with Crippen molar-refractivity contribution in [3.8, 4) is 11.1 Å². The van der Waals surface area contributed by atoms with Gasteiger partial charge in [0, 0.05) is 44.1 Å². The monoisotopic (exact) mass is 503 g/mol. The Morgan fingerprint density at radius 3 is 2.51 bits per heavy atom. The molecule has 1 aliphatic heterocycles. The van der Waals surface area contributed by atoms with Crippen LogP contribution in [0, 0.1) is 5.41 Å². The number of hydrogen-bond donors (Lipinski definition) is 1. The van der Waals surface area contributed by atoms with Crippen LogP contribution < -0.4 is 0 Å². The van der Waals surface area contributed by atoms with Crippen LogP contribution in [0.4, 0.5) is 0 Å². The second-order valence-electron chi connectivity index (χ2n) is 11.4. The van der Waals surface area contributed by atoms with Gasteiger partial charge in [0.05, 0.1) is 22.2 Å². The van der Waals surface area contributed by atoms with E-state index < -0.39 is 11.4 Å². The van der Waals surface area contributed by atoms with Crippen LogP contribution in [0.15, 0.2) is 47.9 Å². The molecule has 0 amide bonds. The molecule has 0 radical (unpaired) electrons. The van der Waals surface area contributed by atoms with Crippen LogP contribution in [0.3, 0.4) is 0 Å². The fourth-order valence-electron chi connectivity index (χ4n) is 5.38. The Balaban J connectivity index is 1.50. The Morgan fingerprint density at radius 1 is 1.19 bits per heavy atom. The van der Waals surface area contributed by atoms with Gasteiger partial charge < -0.3 is 19.2 Å². The molecule has 1 saturated heterocycles. The van der Waals surface area contributed by atoms with Crippen LogP contribution in [-0.4, -0.2) is 45.7 Å². The fraction of sp³-hybridized carbons (Fsp3) is 0.500. The molecule has 0 spiro atoms. The maximum atomic E-state index is 11.8. The number of aromatic nitrogens is 2. The quantitative estimate of drug-likeness (QED) is 0.287. The summed E-state index contributed by atoms with van der Waals surface area (Å²) in [4.78, 5) is 22.3. The van der Waals surface area contributed by atoms with Gasteiger partial charge in [0.2, 0.25) is 0 Å². The lowest BCUT2D eigenvalue weighted by Crippen LogP contribution is -2.30. The van der Waals surface area contributed by atoms with Crippen LogP contribution in [0.1, 0.15) is 64.5 Å². The first-order chi connectivity index (χ1) is 17.7. The van der Waals surface area contributed by atoms with E-state index >= 15 is 0 Å². The molecule has 196 valence electrons. The van der Waals surface area contributed by atoms with E-state index in [1.165, 1.54) is 0 Å². The first-order valence-corrected chi connectivity index (χ1v) is 13.3. The first-order valence-electron chi connectivity index (χ1n) is 13.3. The highest BCUT2D eigenvalue weighted by atomic mass is 16.6. The molecule has 1 unspecified atom stereocenters. The van der Waals surface area contributed by atoms with Crippen molar-refractivity contribution in [3.63, 3.8) is 0 Å². The Morgan fingerprint density at radius 2 is 1.89 bits per heavy atom. The number of aliphatic carboxylic acids is 1. The maximum absolute atomic E-state index is 11.8. The van der Waals surface area contributed by atoms with Gasteiger partial charge in [-0.1, -0.05) is 36.3 Å². The molecule has 1 aliphatic carbocycles. The molecule has 7 heteroatoms. The number of oxime groups is 1. The smallest absolute Gasteiger partial charge is 0.314 e. The molecule has 7 nitrogen and oxygen atoms in total. The van der Waals surface area contributed by atoms with E-state index in [4.69, 9.17) is 14.6 Å². The molecule has 37 heavy (non-hydrogen) atoms. The third kappa shape index (κ3) is 5.28. The van der Waals surface area contributed by atoms with Crippen molar-refractivity contribution in [1.82, 2.24) is 9.55 Å². The average Bonchev–Trinajstić information content (AvgIpc) is 3.62. The SMILES string of the molecule is CC(C)=NOC(C)Cc1cnc2c(-c3ccc(C4(C(=O)O)CC4)cc3)cn(CC3(C)CCOCC3)c2c1. The van der Waals surface area contributed by atoms with E-state index in [0.29, 0.717) is 12.8 Å². The van der Waals surface area contributed by atoms with E-state index in [1.54, 1.807) is 0 Å². The number of benzene rings is 1. The highest BCUT2D eigenvalue weighted by Crippen LogP contribution is 2.48. The zero-order chi connectivity index (χ0) is 26.2. The van der Waals surface area contributed by atoms with Gasteiger partial charge in [-0.3, -0.25) is 9.78 Å². The molecule has 2 fully saturated rings. The van der Waals surface area contributed by atoms with E-state index in [1.807, 2.05) is 51.2 Å². The second-order valence-corrected chi connectivity index (χ2v) is 11.4. The molecule has 2 aliphatic rings. The maximum Gasteiger partial charge on any atom is 0.314 e. The van der Waals surface area contributed by atoms with Crippen molar-refractivity contribution < 1.29 is 19.5 Å². The minimum absolute atomic E-state index is 0.0541. The molecule has 1 aromatic carbocycles. The van der Waals surface area contributed by atoms with Gasteiger partial charge in [-0.25, -0.2) is 0 Å². The number of nitrogens with zero attached hydrogens (tertiary/aromatic N) is 3. The number of carbonyl (C=O) groups is 1. The molecule has 1 atom stereocenters. The van der Waals surface area contributed by atoms with Crippen molar-refractivity contribution in [2.24, 2.45) is 10.6 Å². The third-order valence-electron chi connectivity index (χ3n) is 7.87. The van der Waals surface area contributed by atoms with Gasteiger partial charge in [0.25, 0.3) is 0 Å². The summed E-state index contributed by atoms with van der Waals surface area (Å²) in [5.41, 5.74) is 6.54. The van der Waals surface area contributed by atoms with Crippen molar-refractivity contribution in [2.45, 2.75) is 77.9 Å². The van der Waals surface area contributed by atoms with Gasteiger partial charge in [0.15, 0.2) is 0 Å². The van der Waals surface area contributed by atoms with E-state index in [-0.39, 0.29) is 11.5 Å². The molecule has 5 rings (SSSR count). The predicted molar refractivity (Wildman–Crippen MR) is 145 cm³/mol. The molecule has 0 bridgehead atoms. The Bertz CT molecular complexity index is 1310. The lowest BCUT2D eigenvalue weighted by Gasteiger charge is -2.34. The van der Waals surface area contributed by atoms with Crippen LogP contribution in [0.25, 0.3) is 22.2 Å². The number of hydrogen-bond acceptors (Lipinski definition) is 5. The summed E-state index contributed by atoms with van der Waals surface area (Å²) >= 11 is 0. The standard InChI is InChI=1S/C30H37N3O4/c1-20(2)32-37-21(3)15-22-16-26-27(31-17-22)25(18-33(26)19-29(4)11-13-36-14-12-29)23-5-7-24(8-6-23)30(9-10-30)28(34)35/h5-8,16-18,21H,9-15,19H2,1-4H3,(H,34,35). The van der Waals surface area contributed by atoms with Crippen LogP contribution in [-0.2, 0) is 32.7 Å². The molecular formula is C30H37N3O4. The number of ether oxygens (including phenoxy) is 1. The number of rotatable bonds is 9. The normalized spacial score (nSPS) is 18.8.